The Morgan fingerprint density at radius 1 is 1.24 bits per heavy atom. The van der Waals surface area contributed by atoms with Crippen molar-refractivity contribution >= 4 is 43.8 Å². The van der Waals surface area contributed by atoms with E-state index in [0.29, 0.717) is 10.9 Å². The Balaban J connectivity index is 1.83. The van der Waals surface area contributed by atoms with E-state index in [2.05, 4.69) is 15.3 Å². The van der Waals surface area contributed by atoms with Crippen LogP contribution in [0.2, 0.25) is 0 Å². The number of aromatic amines is 2. The summed E-state index contributed by atoms with van der Waals surface area (Å²) in [7, 11) is -2.53. The molecule has 0 saturated heterocycles. The molecule has 0 aliphatic heterocycles. The van der Waals surface area contributed by atoms with Crippen molar-refractivity contribution in [2.75, 3.05) is 26.7 Å². The number of benzene rings is 1. The number of esters is 1. The van der Waals surface area contributed by atoms with Gasteiger partial charge < -0.3 is 25.1 Å². The highest BCUT2D eigenvalue weighted by atomic mass is 32.2. The first-order chi connectivity index (χ1) is 15.3. The highest BCUT2D eigenvalue weighted by molar-refractivity contribution is 7.89. The van der Waals surface area contributed by atoms with Gasteiger partial charge in [-0.3, -0.25) is 9.59 Å². The number of carbonyl (C=O) groups is 2. The molecule has 0 fully saturated rings. The van der Waals surface area contributed by atoms with Crippen LogP contribution in [0.15, 0.2) is 34.1 Å². The number of carboxylic acid groups (broad SMARTS) is 1. The van der Waals surface area contributed by atoms with Crippen LogP contribution in [0.25, 0.3) is 21.8 Å². The van der Waals surface area contributed by atoms with Gasteiger partial charge >= 0.3 is 11.9 Å². The summed E-state index contributed by atoms with van der Waals surface area (Å²) in [6.07, 6.45) is 1.20. The summed E-state index contributed by atoms with van der Waals surface area (Å²) >= 11 is 0. The summed E-state index contributed by atoms with van der Waals surface area (Å²) in [5.74, 6) is -1.68. The minimum Gasteiger partial charge on any atom is -0.478 e. The molecule has 0 atom stereocenters. The third kappa shape index (κ3) is 5.24. The van der Waals surface area contributed by atoms with E-state index >= 15 is 0 Å². The molecule has 0 radical (unpaired) electrons. The fraction of sp³-hybridized carbons (Fsp3) is 0.381. The highest BCUT2D eigenvalue weighted by Gasteiger charge is 2.23. The Morgan fingerprint density at radius 2 is 1.94 bits per heavy atom. The van der Waals surface area contributed by atoms with Gasteiger partial charge in [0, 0.05) is 42.6 Å². The van der Waals surface area contributed by atoms with E-state index in [1.807, 2.05) is 0 Å². The van der Waals surface area contributed by atoms with Gasteiger partial charge in [0.2, 0.25) is 10.0 Å². The number of pyridine rings is 1. The number of fused-ring (bicyclic) bond motifs is 3. The zero-order chi connectivity index (χ0) is 24.6. The topological polar surface area (TPSA) is 162 Å². The monoisotopic (exact) mass is 478 g/mol. The standard InChI is InChI=1S/C21H26N4O7S/c1-21(2,3)32-16(26)11-22-7-8-25(4)33(30,31)12-5-6-15-13(9-12)17-14(20(28)29)10-23-18(17)19(27)24-15/h5-6,9-10,22-23H,7-8,11H2,1-4H3,(H,24,27)(H,28,29). The molecule has 0 spiro atoms. The van der Waals surface area contributed by atoms with Crippen molar-refractivity contribution < 1.29 is 27.9 Å². The fourth-order valence-corrected chi connectivity index (χ4v) is 4.54. The normalized spacial score (nSPS) is 12.5. The second-order valence-corrected chi connectivity index (χ2v) is 10.6. The summed E-state index contributed by atoms with van der Waals surface area (Å²) < 4.78 is 32.4. The molecule has 178 valence electrons. The number of aromatic nitrogens is 2. The molecule has 3 aromatic rings. The maximum Gasteiger partial charge on any atom is 0.337 e. The van der Waals surface area contributed by atoms with Gasteiger partial charge in [-0.05, 0) is 39.0 Å². The van der Waals surface area contributed by atoms with Crippen LogP contribution in [0.1, 0.15) is 31.1 Å². The van der Waals surface area contributed by atoms with Gasteiger partial charge in [-0.1, -0.05) is 0 Å². The third-order valence-electron chi connectivity index (χ3n) is 4.85. The lowest BCUT2D eigenvalue weighted by molar-refractivity contribution is -0.153. The van der Waals surface area contributed by atoms with Crippen molar-refractivity contribution in [3.8, 4) is 0 Å². The van der Waals surface area contributed by atoms with Gasteiger partial charge in [0.1, 0.15) is 11.1 Å². The van der Waals surface area contributed by atoms with Crippen LogP contribution in [0.3, 0.4) is 0 Å². The number of rotatable bonds is 8. The molecular formula is C21H26N4O7S. The lowest BCUT2D eigenvalue weighted by atomic mass is 10.1. The van der Waals surface area contributed by atoms with Crippen molar-refractivity contribution in [3.63, 3.8) is 0 Å². The number of nitrogens with one attached hydrogen (secondary N) is 3. The Hall–Kier alpha value is -3.22. The molecule has 3 rings (SSSR count). The van der Waals surface area contributed by atoms with E-state index in [4.69, 9.17) is 4.74 Å². The predicted molar refractivity (Wildman–Crippen MR) is 122 cm³/mol. The number of nitrogens with zero attached hydrogens (tertiary/aromatic N) is 1. The van der Waals surface area contributed by atoms with Crippen molar-refractivity contribution in [2.45, 2.75) is 31.3 Å². The van der Waals surface area contributed by atoms with E-state index in [0.717, 1.165) is 4.31 Å². The summed E-state index contributed by atoms with van der Waals surface area (Å²) in [5.41, 5.74) is -0.876. The van der Waals surface area contributed by atoms with Crippen molar-refractivity contribution in [1.29, 1.82) is 0 Å². The molecule has 12 heteroatoms. The first kappa shape index (κ1) is 24.4. The number of carboxylic acids is 1. The summed E-state index contributed by atoms with van der Waals surface area (Å²) in [4.78, 5) is 40.8. The molecule has 0 aliphatic rings. The van der Waals surface area contributed by atoms with E-state index in [9.17, 15) is 27.9 Å². The number of likely N-dealkylation sites (N-methyl/N-ethyl adjacent to an activating group) is 1. The van der Waals surface area contributed by atoms with E-state index in [-0.39, 0.29) is 41.0 Å². The van der Waals surface area contributed by atoms with Crippen LogP contribution in [0, 0.1) is 0 Å². The lowest BCUT2D eigenvalue weighted by Gasteiger charge is -2.20. The number of sulfonamides is 1. The number of H-pyrrole nitrogens is 2. The Bertz CT molecular complexity index is 1380. The van der Waals surface area contributed by atoms with Crippen LogP contribution < -0.4 is 10.9 Å². The second-order valence-electron chi connectivity index (χ2n) is 8.51. The smallest absolute Gasteiger partial charge is 0.337 e. The van der Waals surface area contributed by atoms with Crippen LogP contribution in [0.5, 0.6) is 0 Å². The average Bonchev–Trinajstić information content (AvgIpc) is 3.16. The summed E-state index contributed by atoms with van der Waals surface area (Å²) in [6, 6.07) is 4.11. The summed E-state index contributed by atoms with van der Waals surface area (Å²) in [6.45, 7) is 5.50. The quantitative estimate of drug-likeness (QED) is 0.278. The highest BCUT2D eigenvalue weighted by Crippen LogP contribution is 2.27. The Labute approximate surface area is 189 Å². The predicted octanol–water partition coefficient (Wildman–Crippen LogP) is 1.26. The second kappa shape index (κ2) is 8.96. The molecular weight excluding hydrogens is 452 g/mol. The first-order valence-electron chi connectivity index (χ1n) is 10.1. The molecule has 2 aromatic heterocycles. The van der Waals surface area contributed by atoms with E-state index < -0.39 is 33.1 Å². The first-order valence-corrected chi connectivity index (χ1v) is 11.5. The SMILES string of the molecule is CN(CCNCC(=O)OC(C)(C)C)S(=O)(=O)c1ccc2[nH]c(=O)c3[nH]cc(C(=O)O)c3c2c1. The number of hydrogen-bond acceptors (Lipinski definition) is 7. The largest absolute Gasteiger partial charge is 0.478 e. The molecule has 2 heterocycles. The fourth-order valence-electron chi connectivity index (χ4n) is 3.34. The number of carbonyl (C=O) groups excluding carboxylic acids is 1. The van der Waals surface area contributed by atoms with Crippen LogP contribution >= 0.6 is 0 Å². The Kier molecular flexibility index (Phi) is 6.63. The van der Waals surface area contributed by atoms with Crippen LogP contribution in [-0.4, -0.2) is 72.0 Å². The zero-order valence-electron chi connectivity index (χ0n) is 18.7. The van der Waals surface area contributed by atoms with Gasteiger partial charge in [-0.2, -0.15) is 4.31 Å². The van der Waals surface area contributed by atoms with Gasteiger partial charge in [0.05, 0.1) is 17.0 Å². The molecule has 0 saturated carbocycles. The number of ether oxygens (including phenoxy) is 1. The zero-order valence-corrected chi connectivity index (χ0v) is 19.5. The third-order valence-corrected chi connectivity index (χ3v) is 6.70. The van der Waals surface area contributed by atoms with Crippen LogP contribution in [0.4, 0.5) is 0 Å². The van der Waals surface area contributed by atoms with Gasteiger partial charge in [0.25, 0.3) is 5.56 Å². The van der Waals surface area contributed by atoms with E-state index in [1.165, 1.54) is 31.4 Å². The summed E-state index contributed by atoms with van der Waals surface area (Å²) in [5, 5.41) is 12.7. The van der Waals surface area contributed by atoms with Crippen LogP contribution in [-0.2, 0) is 19.6 Å². The van der Waals surface area contributed by atoms with Gasteiger partial charge in [-0.15, -0.1) is 0 Å². The number of hydrogen-bond donors (Lipinski definition) is 4. The molecule has 33 heavy (non-hydrogen) atoms. The molecule has 0 bridgehead atoms. The van der Waals surface area contributed by atoms with Crippen molar-refractivity contribution in [3.05, 3.63) is 40.3 Å². The lowest BCUT2D eigenvalue weighted by Crippen LogP contribution is -2.37. The molecule has 0 aliphatic carbocycles. The minimum atomic E-state index is -3.93. The van der Waals surface area contributed by atoms with Crippen molar-refractivity contribution in [1.82, 2.24) is 19.6 Å². The maximum atomic E-state index is 13.1. The molecule has 11 nitrogen and oxygen atoms in total. The maximum absolute atomic E-state index is 13.1. The molecule has 4 N–H and O–H groups in total. The van der Waals surface area contributed by atoms with Gasteiger partial charge in [-0.25, -0.2) is 13.2 Å². The Morgan fingerprint density at radius 3 is 2.58 bits per heavy atom. The molecule has 1 aromatic carbocycles. The van der Waals surface area contributed by atoms with E-state index in [1.54, 1.807) is 20.8 Å². The minimum absolute atomic E-state index is 0.0501. The van der Waals surface area contributed by atoms with Gasteiger partial charge in [0.15, 0.2) is 0 Å². The number of aromatic carboxylic acids is 1. The molecule has 0 amide bonds. The molecule has 0 unspecified atom stereocenters. The van der Waals surface area contributed by atoms with Crippen molar-refractivity contribution in [2.24, 2.45) is 0 Å². The average molecular weight is 479 g/mol.